The lowest BCUT2D eigenvalue weighted by atomic mass is 9.57. The van der Waals surface area contributed by atoms with Crippen molar-refractivity contribution in [2.24, 2.45) is 5.92 Å². The van der Waals surface area contributed by atoms with Gasteiger partial charge in [0.2, 0.25) is 0 Å². The molecule has 0 amide bonds. The Morgan fingerprint density at radius 2 is 1.90 bits per heavy atom. The van der Waals surface area contributed by atoms with E-state index in [-0.39, 0.29) is 5.54 Å². The fourth-order valence-electron chi connectivity index (χ4n) is 4.09. The Balaban J connectivity index is 1.94. The first kappa shape index (κ1) is 14.1. The van der Waals surface area contributed by atoms with Crippen LogP contribution in [0.3, 0.4) is 0 Å². The summed E-state index contributed by atoms with van der Waals surface area (Å²) in [6.45, 7) is 8.01. The van der Waals surface area contributed by atoms with Crippen LogP contribution in [0.25, 0.3) is 0 Å². The summed E-state index contributed by atoms with van der Waals surface area (Å²) in [6, 6.07) is 9.23. The van der Waals surface area contributed by atoms with E-state index in [0.717, 1.165) is 12.5 Å². The van der Waals surface area contributed by atoms with Gasteiger partial charge in [0.1, 0.15) is 0 Å². The molecule has 1 aromatic rings. The van der Waals surface area contributed by atoms with E-state index < -0.39 is 0 Å². The second-order valence-electron chi connectivity index (χ2n) is 7.90. The maximum Gasteiger partial charge on any atom is 0.0109 e. The van der Waals surface area contributed by atoms with Crippen molar-refractivity contribution in [2.75, 3.05) is 6.54 Å². The maximum absolute atomic E-state index is 3.82. The van der Waals surface area contributed by atoms with Crippen molar-refractivity contribution in [3.63, 3.8) is 0 Å². The molecule has 1 unspecified atom stereocenters. The van der Waals surface area contributed by atoms with Gasteiger partial charge in [-0.1, -0.05) is 30.7 Å². The molecule has 1 nitrogen and oxygen atoms in total. The van der Waals surface area contributed by atoms with Crippen LogP contribution in [0.1, 0.15) is 64.0 Å². The third-order valence-corrected chi connectivity index (χ3v) is 5.44. The van der Waals surface area contributed by atoms with E-state index in [4.69, 9.17) is 0 Å². The van der Waals surface area contributed by atoms with Gasteiger partial charge in [0.05, 0.1) is 0 Å². The predicted molar refractivity (Wildman–Crippen MR) is 86.2 cm³/mol. The van der Waals surface area contributed by atoms with Gasteiger partial charge in [0.25, 0.3) is 0 Å². The fraction of sp³-hybridized carbons (Fsp3) is 0.684. The zero-order valence-corrected chi connectivity index (χ0v) is 13.3. The maximum atomic E-state index is 3.82. The van der Waals surface area contributed by atoms with Crippen LogP contribution < -0.4 is 5.32 Å². The average Bonchev–Trinajstić information content (AvgIpc) is 2.34. The Morgan fingerprint density at radius 3 is 2.55 bits per heavy atom. The van der Waals surface area contributed by atoms with E-state index in [1.807, 2.05) is 0 Å². The summed E-state index contributed by atoms with van der Waals surface area (Å²) in [6.07, 6.45) is 8.31. The lowest BCUT2D eigenvalue weighted by molar-refractivity contribution is 0.129. The van der Waals surface area contributed by atoms with Gasteiger partial charge in [-0.2, -0.15) is 0 Å². The Labute approximate surface area is 124 Å². The average molecular weight is 271 g/mol. The lowest BCUT2D eigenvalue weighted by Crippen LogP contribution is -2.52. The van der Waals surface area contributed by atoms with Crippen molar-refractivity contribution in [1.82, 2.24) is 5.32 Å². The summed E-state index contributed by atoms with van der Waals surface area (Å²) in [5.41, 5.74) is 3.89. The van der Waals surface area contributed by atoms with Gasteiger partial charge in [-0.15, -0.1) is 0 Å². The second-order valence-corrected chi connectivity index (χ2v) is 7.90. The van der Waals surface area contributed by atoms with Gasteiger partial charge in [-0.25, -0.2) is 0 Å². The van der Waals surface area contributed by atoms with Crippen LogP contribution in [0.15, 0.2) is 24.3 Å². The molecule has 0 spiro atoms. The van der Waals surface area contributed by atoms with Crippen molar-refractivity contribution >= 4 is 0 Å². The van der Waals surface area contributed by atoms with E-state index in [1.165, 1.54) is 38.5 Å². The summed E-state index contributed by atoms with van der Waals surface area (Å²) >= 11 is 0. The highest BCUT2D eigenvalue weighted by Gasteiger charge is 2.45. The van der Waals surface area contributed by atoms with Gasteiger partial charge >= 0.3 is 0 Å². The van der Waals surface area contributed by atoms with Gasteiger partial charge in [0.15, 0.2) is 0 Å². The van der Waals surface area contributed by atoms with Crippen LogP contribution in [-0.2, 0) is 11.8 Å². The number of rotatable bonds is 3. The molecule has 0 radical (unpaired) electrons. The molecule has 20 heavy (non-hydrogen) atoms. The molecule has 0 aliphatic heterocycles. The van der Waals surface area contributed by atoms with Gasteiger partial charge < -0.3 is 5.32 Å². The summed E-state index contributed by atoms with van der Waals surface area (Å²) in [5.74, 6) is 0.902. The molecule has 0 bridgehead atoms. The lowest BCUT2D eigenvalue weighted by Gasteiger charge is -2.50. The van der Waals surface area contributed by atoms with Gasteiger partial charge in [-0.3, -0.25) is 0 Å². The van der Waals surface area contributed by atoms with Crippen molar-refractivity contribution in [1.29, 1.82) is 0 Å². The van der Waals surface area contributed by atoms with Crippen LogP contribution in [-0.4, -0.2) is 12.1 Å². The smallest absolute Gasteiger partial charge is 0.0109 e. The SMILES string of the molecule is CC(C)(C)NCC1(C2CCC2)CCCc2ccccc21. The highest BCUT2D eigenvalue weighted by molar-refractivity contribution is 5.38. The molecule has 110 valence electrons. The van der Waals surface area contributed by atoms with E-state index in [9.17, 15) is 0 Å². The molecule has 1 heteroatoms. The van der Waals surface area contributed by atoms with Crippen LogP contribution >= 0.6 is 0 Å². The number of aryl methyl sites for hydroxylation is 1. The predicted octanol–water partition coefficient (Wildman–Crippen LogP) is 4.45. The Bertz CT molecular complexity index is 467. The number of hydrogen-bond donors (Lipinski definition) is 1. The Hall–Kier alpha value is -0.820. The molecule has 0 saturated heterocycles. The van der Waals surface area contributed by atoms with E-state index in [2.05, 4.69) is 50.4 Å². The summed E-state index contributed by atoms with van der Waals surface area (Å²) in [5, 5.41) is 3.82. The van der Waals surface area contributed by atoms with E-state index in [1.54, 1.807) is 11.1 Å². The number of benzene rings is 1. The quantitative estimate of drug-likeness (QED) is 0.856. The minimum atomic E-state index is 0.211. The standard InChI is InChI=1S/C19H29N/c1-18(2,3)20-14-19(16-10-6-11-16)13-7-9-15-8-4-5-12-17(15)19/h4-5,8,12,16,20H,6-7,9-11,13-14H2,1-3H3. The van der Waals surface area contributed by atoms with Crippen LogP contribution in [0.4, 0.5) is 0 Å². The molecule has 1 aromatic carbocycles. The largest absolute Gasteiger partial charge is 0.311 e. The fourth-order valence-corrected chi connectivity index (χ4v) is 4.09. The van der Waals surface area contributed by atoms with E-state index in [0.29, 0.717) is 5.41 Å². The van der Waals surface area contributed by atoms with Crippen LogP contribution in [0, 0.1) is 5.92 Å². The molecule has 0 aromatic heterocycles. The first-order chi connectivity index (χ1) is 9.51. The first-order valence-corrected chi connectivity index (χ1v) is 8.35. The van der Waals surface area contributed by atoms with Crippen molar-refractivity contribution in [3.05, 3.63) is 35.4 Å². The van der Waals surface area contributed by atoms with E-state index >= 15 is 0 Å². The minimum Gasteiger partial charge on any atom is -0.311 e. The molecule has 0 heterocycles. The normalized spacial score (nSPS) is 26.9. The molecule has 2 aliphatic carbocycles. The summed E-state index contributed by atoms with van der Waals surface area (Å²) in [7, 11) is 0. The Morgan fingerprint density at radius 1 is 1.15 bits per heavy atom. The number of fused-ring (bicyclic) bond motifs is 1. The number of nitrogens with one attached hydrogen (secondary N) is 1. The monoisotopic (exact) mass is 271 g/mol. The van der Waals surface area contributed by atoms with Gasteiger partial charge in [0, 0.05) is 17.5 Å². The Kier molecular flexibility index (Phi) is 3.66. The summed E-state index contributed by atoms with van der Waals surface area (Å²) in [4.78, 5) is 0. The molecule has 1 atom stereocenters. The minimum absolute atomic E-state index is 0.211. The van der Waals surface area contributed by atoms with Crippen LogP contribution in [0.2, 0.25) is 0 Å². The highest BCUT2D eigenvalue weighted by atomic mass is 15.0. The number of hydrogen-bond acceptors (Lipinski definition) is 1. The molecule has 2 aliphatic rings. The summed E-state index contributed by atoms with van der Waals surface area (Å²) < 4.78 is 0. The molecular formula is C19H29N. The first-order valence-electron chi connectivity index (χ1n) is 8.35. The van der Waals surface area contributed by atoms with Crippen molar-refractivity contribution < 1.29 is 0 Å². The van der Waals surface area contributed by atoms with Crippen molar-refractivity contribution in [2.45, 2.75) is 70.3 Å². The molecule has 1 saturated carbocycles. The second kappa shape index (κ2) is 5.18. The zero-order chi connectivity index (χ0) is 14.2. The molecule has 1 N–H and O–H groups in total. The third-order valence-electron chi connectivity index (χ3n) is 5.44. The molecule has 1 fully saturated rings. The van der Waals surface area contributed by atoms with Crippen molar-refractivity contribution in [3.8, 4) is 0 Å². The van der Waals surface area contributed by atoms with Crippen LogP contribution in [0.5, 0.6) is 0 Å². The third kappa shape index (κ3) is 2.53. The zero-order valence-electron chi connectivity index (χ0n) is 13.3. The highest BCUT2D eigenvalue weighted by Crippen LogP contribution is 2.50. The topological polar surface area (TPSA) is 12.0 Å². The molecule has 3 rings (SSSR count). The van der Waals surface area contributed by atoms with Gasteiger partial charge in [-0.05, 0) is 69.9 Å². The molecular weight excluding hydrogens is 242 g/mol.